The van der Waals surface area contributed by atoms with Crippen LogP contribution in [-0.4, -0.2) is 49.8 Å². The maximum Gasteiger partial charge on any atom is 0.119 e. The van der Waals surface area contributed by atoms with Gasteiger partial charge in [0.1, 0.15) is 18.1 Å². The quantitative estimate of drug-likeness (QED) is 0.837. The normalized spacial score (nSPS) is 23.0. The first-order valence-corrected chi connectivity index (χ1v) is 8.02. The van der Waals surface area contributed by atoms with E-state index in [4.69, 9.17) is 9.47 Å². The summed E-state index contributed by atoms with van der Waals surface area (Å²) in [6, 6.07) is 9.05. The summed E-state index contributed by atoms with van der Waals surface area (Å²) in [6.07, 6.45) is 1.03. The van der Waals surface area contributed by atoms with Crippen molar-refractivity contribution < 1.29 is 9.47 Å². The van der Waals surface area contributed by atoms with Crippen molar-refractivity contribution in [3.63, 3.8) is 0 Å². The minimum absolute atomic E-state index is 0.566. The Bertz CT molecular complexity index is 408. The number of ether oxygens (including phenoxy) is 2. The largest absolute Gasteiger partial charge is 0.494 e. The molecule has 2 unspecified atom stereocenters. The van der Waals surface area contributed by atoms with Crippen molar-refractivity contribution in [1.82, 2.24) is 10.2 Å². The summed E-state index contributed by atoms with van der Waals surface area (Å²) in [7, 11) is 0. The number of hydrogen-bond acceptors (Lipinski definition) is 4. The average Bonchev–Trinajstić information content (AvgIpc) is 2.50. The lowest BCUT2D eigenvalue weighted by atomic mass is 10.1. The van der Waals surface area contributed by atoms with Crippen LogP contribution in [0.15, 0.2) is 24.3 Å². The van der Waals surface area contributed by atoms with Crippen molar-refractivity contribution in [3.8, 4) is 11.5 Å². The second kappa shape index (κ2) is 8.25. The van der Waals surface area contributed by atoms with Crippen LogP contribution in [-0.2, 0) is 0 Å². The monoisotopic (exact) mass is 292 g/mol. The maximum atomic E-state index is 5.83. The van der Waals surface area contributed by atoms with Crippen LogP contribution in [0.1, 0.15) is 27.2 Å². The minimum atomic E-state index is 0.566. The Labute approximate surface area is 128 Å². The second-order valence-corrected chi connectivity index (χ2v) is 5.82. The molecule has 1 heterocycles. The molecule has 1 N–H and O–H groups in total. The van der Waals surface area contributed by atoms with Gasteiger partial charge in [-0.3, -0.25) is 4.90 Å². The van der Waals surface area contributed by atoms with E-state index >= 15 is 0 Å². The van der Waals surface area contributed by atoms with Gasteiger partial charge in [-0.05, 0) is 44.5 Å². The van der Waals surface area contributed by atoms with E-state index in [1.54, 1.807) is 0 Å². The molecule has 118 valence electrons. The van der Waals surface area contributed by atoms with E-state index in [0.29, 0.717) is 12.1 Å². The molecule has 0 amide bonds. The van der Waals surface area contributed by atoms with Gasteiger partial charge in [-0.25, -0.2) is 0 Å². The third-order valence-corrected chi connectivity index (χ3v) is 3.84. The van der Waals surface area contributed by atoms with E-state index in [9.17, 15) is 0 Å². The van der Waals surface area contributed by atoms with Gasteiger partial charge in [0.05, 0.1) is 6.61 Å². The van der Waals surface area contributed by atoms with Crippen LogP contribution in [0, 0.1) is 0 Å². The fraction of sp³-hybridized carbons (Fsp3) is 0.647. The SMILES string of the molecule is CCCOc1ccc(OCCN2CC(C)NCC2C)cc1. The van der Waals surface area contributed by atoms with Crippen molar-refractivity contribution in [2.45, 2.75) is 39.3 Å². The maximum absolute atomic E-state index is 5.83. The van der Waals surface area contributed by atoms with Gasteiger partial charge in [-0.1, -0.05) is 6.92 Å². The third-order valence-electron chi connectivity index (χ3n) is 3.84. The highest BCUT2D eigenvalue weighted by Crippen LogP contribution is 2.18. The Kier molecular flexibility index (Phi) is 6.33. The van der Waals surface area contributed by atoms with E-state index in [0.717, 1.165) is 50.8 Å². The van der Waals surface area contributed by atoms with Gasteiger partial charge in [-0.2, -0.15) is 0 Å². The van der Waals surface area contributed by atoms with E-state index in [2.05, 4.69) is 31.0 Å². The molecule has 0 aliphatic carbocycles. The highest BCUT2D eigenvalue weighted by atomic mass is 16.5. The van der Waals surface area contributed by atoms with E-state index in [1.807, 2.05) is 24.3 Å². The molecule has 0 bridgehead atoms. The van der Waals surface area contributed by atoms with Crippen LogP contribution in [0.3, 0.4) is 0 Å². The van der Waals surface area contributed by atoms with Crippen LogP contribution in [0.5, 0.6) is 11.5 Å². The van der Waals surface area contributed by atoms with Crippen LogP contribution in [0.4, 0.5) is 0 Å². The molecule has 1 aromatic carbocycles. The number of rotatable bonds is 7. The fourth-order valence-corrected chi connectivity index (χ4v) is 2.54. The first kappa shape index (κ1) is 16.1. The predicted molar refractivity (Wildman–Crippen MR) is 86.2 cm³/mol. The molecule has 1 fully saturated rings. The smallest absolute Gasteiger partial charge is 0.119 e. The van der Waals surface area contributed by atoms with Gasteiger partial charge in [0.15, 0.2) is 0 Å². The van der Waals surface area contributed by atoms with Crippen LogP contribution in [0.25, 0.3) is 0 Å². The second-order valence-electron chi connectivity index (χ2n) is 5.82. The standard InChI is InChI=1S/C17H28N2O2/c1-4-10-20-16-5-7-17(8-6-16)21-11-9-19-13-14(2)18-12-15(19)3/h5-8,14-15,18H,4,9-13H2,1-3H3. The van der Waals surface area contributed by atoms with Crippen LogP contribution < -0.4 is 14.8 Å². The number of nitrogens with one attached hydrogen (secondary N) is 1. The summed E-state index contributed by atoms with van der Waals surface area (Å²) in [5, 5.41) is 3.50. The summed E-state index contributed by atoms with van der Waals surface area (Å²) in [6.45, 7) is 11.2. The summed E-state index contributed by atoms with van der Waals surface area (Å²) < 4.78 is 11.4. The zero-order chi connectivity index (χ0) is 15.1. The molecular formula is C17H28N2O2. The van der Waals surface area contributed by atoms with Crippen molar-refractivity contribution >= 4 is 0 Å². The first-order chi connectivity index (χ1) is 10.2. The van der Waals surface area contributed by atoms with Crippen molar-refractivity contribution in [2.24, 2.45) is 0 Å². The van der Waals surface area contributed by atoms with Crippen molar-refractivity contribution in [3.05, 3.63) is 24.3 Å². The highest BCUT2D eigenvalue weighted by molar-refractivity contribution is 5.31. The topological polar surface area (TPSA) is 33.7 Å². The number of nitrogens with zero attached hydrogens (tertiary/aromatic N) is 1. The molecule has 21 heavy (non-hydrogen) atoms. The zero-order valence-corrected chi connectivity index (χ0v) is 13.5. The molecule has 0 radical (unpaired) electrons. The Morgan fingerprint density at radius 3 is 2.33 bits per heavy atom. The highest BCUT2D eigenvalue weighted by Gasteiger charge is 2.21. The summed E-state index contributed by atoms with van der Waals surface area (Å²) in [4.78, 5) is 2.49. The minimum Gasteiger partial charge on any atom is -0.494 e. The number of hydrogen-bond donors (Lipinski definition) is 1. The molecule has 0 saturated carbocycles. The van der Waals surface area contributed by atoms with E-state index in [-0.39, 0.29) is 0 Å². The van der Waals surface area contributed by atoms with Gasteiger partial charge in [-0.15, -0.1) is 0 Å². The molecule has 1 aromatic rings. The Balaban J connectivity index is 1.72. The molecule has 2 rings (SSSR count). The summed E-state index contributed by atoms with van der Waals surface area (Å²) >= 11 is 0. The Morgan fingerprint density at radius 1 is 1.10 bits per heavy atom. The third kappa shape index (κ3) is 5.21. The first-order valence-electron chi connectivity index (χ1n) is 8.02. The molecule has 1 aliphatic rings. The Morgan fingerprint density at radius 2 is 1.71 bits per heavy atom. The predicted octanol–water partition coefficient (Wildman–Crippen LogP) is 2.54. The molecule has 4 nitrogen and oxygen atoms in total. The van der Waals surface area contributed by atoms with Crippen molar-refractivity contribution in [1.29, 1.82) is 0 Å². The molecule has 0 spiro atoms. The number of benzene rings is 1. The van der Waals surface area contributed by atoms with Gasteiger partial charge < -0.3 is 14.8 Å². The lowest BCUT2D eigenvalue weighted by Gasteiger charge is -2.37. The molecule has 1 aliphatic heterocycles. The number of piperazine rings is 1. The molecular weight excluding hydrogens is 264 g/mol. The van der Waals surface area contributed by atoms with Gasteiger partial charge in [0.2, 0.25) is 0 Å². The summed E-state index contributed by atoms with van der Waals surface area (Å²) in [5.41, 5.74) is 0. The van der Waals surface area contributed by atoms with Crippen LogP contribution >= 0.6 is 0 Å². The lowest BCUT2D eigenvalue weighted by Crippen LogP contribution is -2.55. The fourth-order valence-electron chi connectivity index (χ4n) is 2.54. The van der Waals surface area contributed by atoms with E-state index < -0.39 is 0 Å². The van der Waals surface area contributed by atoms with Crippen molar-refractivity contribution in [2.75, 3.05) is 32.8 Å². The van der Waals surface area contributed by atoms with Crippen LogP contribution in [0.2, 0.25) is 0 Å². The van der Waals surface area contributed by atoms with Gasteiger partial charge >= 0.3 is 0 Å². The van der Waals surface area contributed by atoms with E-state index in [1.165, 1.54) is 0 Å². The molecule has 4 heteroatoms. The van der Waals surface area contributed by atoms with Gasteiger partial charge in [0.25, 0.3) is 0 Å². The molecule has 2 atom stereocenters. The summed E-state index contributed by atoms with van der Waals surface area (Å²) in [5.74, 6) is 1.82. The van der Waals surface area contributed by atoms with Gasteiger partial charge in [0, 0.05) is 31.7 Å². The average molecular weight is 292 g/mol. The molecule has 0 aromatic heterocycles. The zero-order valence-electron chi connectivity index (χ0n) is 13.5. The molecule has 1 saturated heterocycles. The Hall–Kier alpha value is -1.26. The lowest BCUT2D eigenvalue weighted by molar-refractivity contribution is 0.123.